The molecule has 0 atom stereocenters. The standard InChI is InChI=1S/C19H14FN3O/c1-12-3-2-4-15(9-12)23-10-16(13-5-7-14(20)8-6-13)17-18(23)21-11-22-19(17)24/h2-11H,1H3,(H,21,22,24). The highest BCUT2D eigenvalue weighted by atomic mass is 19.1. The first kappa shape index (κ1) is 14.4. The predicted octanol–water partition coefficient (Wildman–Crippen LogP) is 4.24. The highest BCUT2D eigenvalue weighted by Crippen LogP contribution is 2.35. The molecular formula is C19H14FN3O. The molecule has 0 saturated heterocycles. The van der Waals surface area contributed by atoms with E-state index >= 15 is 0 Å². The monoisotopic (exact) mass is 319 g/mol. The molecule has 0 amide bonds. The van der Waals surface area contributed by atoms with Crippen molar-refractivity contribution in [2.75, 3.05) is 0 Å². The molecule has 4 aromatic rings. The van der Waals surface area contributed by atoms with E-state index in [1.165, 1.54) is 18.5 Å². The first-order chi connectivity index (χ1) is 11.6. The second kappa shape index (κ2) is 5.45. The van der Waals surface area contributed by atoms with E-state index in [0.717, 1.165) is 22.4 Å². The minimum absolute atomic E-state index is 0.0919. The Bertz CT molecular complexity index is 1040. The van der Waals surface area contributed by atoms with E-state index in [2.05, 4.69) is 9.97 Å². The van der Waals surface area contributed by atoms with E-state index in [1.807, 2.05) is 42.0 Å². The molecule has 0 unspecified atom stereocenters. The van der Waals surface area contributed by atoms with Crippen LogP contribution in [-0.2, 0) is 0 Å². The third-order valence-corrected chi connectivity index (χ3v) is 4.00. The van der Waals surface area contributed by atoms with Gasteiger partial charge < -0.3 is 9.67 Å². The summed E-state index contributed by atoms with van der Waals surface area (Å²) in [6.45, 7) is 2.02. The van der Waals surface area contributed by atoms with Gasteiger partial charge in [0.2, 0.25) is 5.88 Å². The second-order valence-electron chi connectivity index (χ2n) is 5.65. The van der Waals surface area contributed by atoms with Gasteiger partial charge in [0.05, 0.1) is 5.39 Å². The lowest BCUT2D eigenvalue weighted by Gasteiger charge is -2.05. The average Bonchev–Trinajstić information content (AvgIpc) is 2.97. The quantitative estimate of drug-likeness (QED) is 0.601. The Labute approximate surface area is 137 Å². The van der Waals surface area contributed by atoms with Gasteiger partial charge in [-0.1, -0.05) is 24.3 Å². The average molecular weight is 319 g/mol. The van der Waals surface area contributed by atoms with Crippen molar-refractivity contribution in [3.8, 4) is 22.7 Å². The van der Waals surface area contributed by atoms with Crippen molar-refractivity contribution in [3.63, 3.8) is 0 Å². The third-order valence-electron chi connectivity index (χ3n) is 4.00. The Balaban J connectivity index is 2.03. The van der Waals surface area contributed by atoms with Crippen LogP contribution in [0.25, 0.3) is 27.8 Å². The number of hydrogen-bond acceptors (Lipinski definition) is 3. The molecular weight excluding hydrogens is 305 g/mol. The zero-order valence-electron chi connectivity index (χ0n) is 12.9. The fraction of sp³-hybridized carbons (Fsp3) is 0.0526. The molecule has 0 aliphatic carbocycles. The van der Waals surface area contributed by atoms with Crippen LogP contribution in [0.2, 0.25) is 0 Å². The van der Waals surface area contributed by atoms with Crippen molar-refractivity contribution in [2.24, 2.45) is 0 Å². The van der Waals surface area contributed by atoms with Crippen LogP contribution < -0.4 is 0 Å². The second-order valence-corrected chi connectivity index (χ2v) is 5.65. The number of nitrogens with zero attached hydrogens (tertiary/aromatic N) is 3. The van der Waals surface area contributed by atoms with Crippen LogP contribution in [0.5, 0.6) is 5.88 Å². The Kier molecular flexibility index (Phi) is 3.27. The van der Waals surface area contributed by atoms with Gasteiger partial charge in [-0.05, 0) is 42.3 Å². The molecule has 24 heavy (non-hydrogen) atoms. The van der Waals surface area contributed by atoms with Crippen LogP contribution in [0.1, 0.15) is 5.56 Å². The molecule has 2 heterocycles. The van der Waals surface area contributed by atoms with Crippen LogP contribution in [0.4, 0.5) is 4.39 Å². The summed E-state index contributed by atoms with van der Waals surface area (Å²) in [5, 5.41) is 10.8. The summed E-state index contributed by atoms with van der Waals surface area (Å²) in [4.78, 5) is 8.22. The molecule has 0 bridgehead atoms. The molecule has 4 rings (SSSR count). The summed E-state index contributed by atoms with van der Waals surface area (Å²) in [7, 11) is 0. The number of aromatic nitrogens is 3. The van der Waals surface area contributed by atoms with E-state index in [-0.39, 0.29) is 11.7 Å². The fourth-order valence-corrected chi connectivity index (χ4v) is 2.87. The number of rotatable bonds is 2. The van der Waals surface area contributed by atoms with Crippen LogP contribution >= 0.6 is 0 Å². The van der Waals surface area contributed by atoms with Gasteiger partial charge in [-0.25, -0.2) is 14.4 Å². The van der Waals surface area contributed by atoms with Crippen molar-refractivity contribution in [2.45, 2.75) is 6.92 Å². The summed E-state index contributed by atoms with van der Waals surface area (Å²) in [5.74, 6) is -0.396. The molecule has 1 N–H and O–H groups in total. The number of hydrogen-bond donors (Lipinski definition) is 1. The predicted molar refractivity (Wildman–Crippen MR) is 90.7 cm³/mol. The van der Waals surface area contributed by atoms with Crippen molar-refractivity contribution in [3.05, 3.63) is 72.4 Å². The molecule has 0 aliphatic heterocycles. The first-order valence-corrected chi connectivity index (χ1v) is 7.51. The topological polar surface area (TPSA) is 50.9 Å². The smallest absolute Gasteiger partial charge is 0.224 e. The Hall–Kier alpha value is -3.21. The Morgan fingerprint density at radius 3 is 2.58 bits per heavy atom. The molecule has 0 fully saturated rings. The third kappa shape index (κ3) is 2.31. The van der Waals surface area contributed by atoms with E-state index in [9.17, 15) is 9.50 Å². The van der Waals surface area contributed by atoms with Crippen molar-refractivity contribution < 1.29 is 9.50 Å². The van der Waals surface area contributed by atoms with E-state index < -0.39 is 0 Å². The molecule has 0 saturated carbocycles. The number of aromatic hydroxyl groups is 1. The minimum Gasteiger partial charge on any atom is -0.493 e. The Morgan fingerprint density at radius 1 is 1.04 bits per heavy atom. The highest BCUT2D eigenvalue weighted by Gasteiger charge is 2.17. The molecule has 0 spiro atoms. The zero-order valence-corrected chi connectivity index (χ0v) is 12.9. The summed E-state index contributed by atoms with van der Waals surface area (Å²) in [6.07, 6.45) is 3.22. The number of benzene rings is 2. The maximum Gasteiger partial charge on any atom is 0.224 e. The van der Waals surface area contributed by atoms with Gasteiger partial charge >= 0.3 is 0 Å². The highest BCUT2D eigenvalue weighted by molar-refractivity contribution is 5.98. The number of fused-ring (bicyclic) bond motifs is 1. The van der Waals surface area contributed by atoms with Gasteiger partial charge in [-0.3, -0.25) is 0 Å². The lowest BCUT2D eigenvalue weighted by atomic mass is 10.1. The zero-order chi connectivity index (χ0) is 16.7. The maximum absolute atomic E-state index is 13.2. The fourth-order valence-electron chi connectivity index (χ4n) is 2.87. The normalized spacial score (nSPS) is 11.1. The Morgan fingerprint density at radius 2 is 1.83 bits per heavy atom. The number of aryl methyl sites for hydroxylation is 1. The van der Waals surface area contributed by atoms with Crippen LogP contribution in [0.15, 0.2) is 61.1 Å². The molecule has 4 nitrogen and oxygen atoms in total. The van der Waals surface area contributed by atoms with Gasteiger partial charge in [-0.15, -0.1) is 0 Å². The molecule has 118 valence electrons. The lowest BCUT2D eigenvalue weighted by Crippen LogP contribution is -1.94. The van der Waals surface area contributed by atoms with E-state index in [4.69, 9.17) is 0 Å². The van der Waals surface area contributed by atoms with Gasteiger partial charge in [0, 0.05) is 17.4 Å². The summed E-state index contributed by atoms with van der Waals surface area (Å²) in [5.41, 5.74) is 4.21. The van der Waals surface area contributed by atoms with Gasteiger partial charge in [0.25, 0.3) is 0 Å². The molecule has 0 radical (unpaired) electrons. The van der Waals surface area contributed by atoms with E-state index in [1.54, 1.807) is 12.1 Å². The summed E-state index contributed by atoms with van der Waals surface area (Å²) in [6, 6.07) is 14.1. The van der Waals surface area contributed by atoms with Gasteiger partial charge in [-0.2, -0.15) is 0 Å². The minimum atomic E-state index is -0.304. The first-order valence-electron chi connectivity index (χ1n) is 7.51. The molecule has 5 heteroatoms. The van der Waals surface area contributed by atoms with Gasteiger partial charge in [0.15, 0.2) is 5.65 Å². The molecule has 2 aromatic carbocycles. The van der Waals surface area contributed by atoms with E-state index in [0.29, 0.717) is 11.0 Å². The lowest BCUT2D eigenvalue weighted by molar-refractivity contribution is 0.459. The largest absolute Gasteiger partial charge is 0.493 e. The maximum atomic E-state index is 13.2. The summed E-state index contributed by atoms with van der Waals surface area (Å²) >= 11 is 0. The SMILES string of the molecule is Cc1cccc(-n2cc(-c3ccc(F)cc3)c3c(O)ncnc32)c1. The van der Waals surface area contributed by atoms with Crippen LogP contribution in [0.3, 0.4) is 0 Å². The van der Waals surface area contributed by atoms with Gasteiger partial charge in [0.1, 0.15) is 12.1 Å². The van der Waals surface area contributed by atoms with Crippen molar-refractivity contribution in [1.29, 1.82) is 0 Å². The van der Waals surface area contributed by atoms with Crippen LogP contribution in [0, 0.1) is 12.7 Å². The molecule has 0 aliphatic rings. The summed E-state index contributed by atoms with van der Waals surface area (Å²) < 4.78 is 15.1. The molecule has 2 aromatic heterocycles. The van der Waals surface area contributed by atoms with Crippen molar-refractivity contribution >= 4 is 11.0 Å². The van der Waals surface area contributed by atoms with Crippen molar-refractivity contribution in [1.82, 2.24) is 14.5 Å². The van der Waals surface area contributed by atoms with Crippen LogP contribution in [-0.4, -0.2) is 19.6 Å². The number of halogens is 1.